The van der Waals surface area contributed by atoms with Gasteiger partial charge >= 0.3 is 0 Å². The molecule has 0 saturated carbocycles. The van der Waals surface area contributed by atoms with Gasteiger partial charge in [-0.25, -0.2) is 4.39 Å². The van der Waals surface area contributed by atoms with Crippen molar-refractivity contribution in [3.63, 3.8) is 0 Å². The normalized spacial score (nSPS) is 21.8. The van der Waals surface area contributed by atoms with Crippen molar-refractivity contribution in [2.75, 3.05) is 13.2 Å². The van der Waals surface area contributed by atoms with Crippen molar-refractivity contribution in [3.05, 3.63) is 53.6 Å². The third kappa shape index (κ3) is 3.47. The number of nitrogens with zero attached hydrogens (tertiary/aromatic N) is 2. The smallest absolute Gasteiger partial charge is 0.239 e. The molecule has 1 saturated heterocycles. The predicted octanol–water partition coefficient (Wildman–Crippen LogP) is 1.45. The van der Waals surface area contributed by atoms with Gasteiger partial charge in [-0.1, -0.05) is 12.1 Å². The molecule has 128 valence electrons. The van der Waals surface area contributed by atoms with Crippen molar-refractivity contribution in [2.24, 2.45) is 18.7 Å². The quantitative estimate of drug-likeness (QED) is 0.839. The van der Waals surface area contributed by atoms with E-state index in [4.69, 9.17) is 10.5 Å². The first kappa shape index (κ1) is 16.6. The number of primary amides is 1. The zero-order valence-electron chi connectivity index (χ0n) is 13.5. The van der Waals surface area contributed by atoms with Crippen LogP contribution < -0.4 is 11.1 Å². The Bertz CT molecular complexity index is 701. The van der Waals surface area contributed by atoms with Crippen molar-refractivity contribution in [1.29, 1.82) is 0 Å². The first-order valence-corrected chi connectivity index (χ1v) is 7.94. The molecule has 2 aromatic rings. The van der Waals surface area contributed by atoms with Gasteiger partial charge in [-0.15, -0.1) is 0 Å². The van der Waals surface area contributed by atoms with Gasteiger partial charge in [-0.05, 0) is 30.2 Å². The van der Waals surface area contributed by atoms with Crippen LogP contribution in [0.5, 0.6) is 0 Å². The van der Waals surface area contributed by atoms with Crippen LogP contribution in [0.2, 0.25) is 0 Å². The maximum absolute atomic E-state index is 13.1. The summed E-state index contributed by atoms with van der Waals surface area (Å²) >= 11 is 0. The summed E-state index contributed by atoms with van der Waals surface area (Å²) in [6.07, 6.45) is 2.57. The molecule has 0 radical (unpaired) electrons. The van der Waals surface area contributed by atoms with Gasteiger partial charge < -0.3 is 15.8 Å². The lowest BCUT2D eigenvalue weighted by atomic mass is 9.97. The highest BCUT2D eigenvalue weighted by Gasteiger charge is 2.32. The third-order valence-corrected chi connectivity index (χ3v) is 4.44. The fourth-order valence-corrected chi connectivity index (χ4v) is 3.14. The SMILES string of the molecule is Cn1nccc1[C@@H]1OCC[C@H]1CN[C@H](C(N)=O)c1ccc(F)cc1. The lowest BCUT2D eigenvalue weighted by molar-refractivity contribution is -0.120. The Morgan fingerprint density at radius 2 is 2.21 bits per heavy atom. The second-order valence-electron chi connectivity index (χ2n) is 6.02. The third-order valence-electron chi connectivity index (χ3n) is 4.44. The van der Waals surface area contributed by atoms with Gasteiger partial charge in [0.25, 0.3) is 0 Å². The zero-order chi connectivity index (χ0) is 17.1. The summed E-state index contributed by atoms with van der Waals surface area (Å²) in [5, 5.41) is 7.38. The number of hydrogen-bond acceptors (Lipinski definition) is 4. The standard InChI is InChI=1S/C17H21FN4O2/c1-22-14(6-8-21-22)16-12(7-9-24-16)10-20-15(17(19)23)11-2-4-13(18)5-3-11/h2-6,8,12,15-16,20H,7,9-10H2,1H3,(H2,19,23)/t12-,15-,16+/m0/s1. The Morgan fingerprint density at radius 1 is 1.46 bits per heavy atom. The molecule has 0 bridgehead atoms. The average molecular weight is 332 g/mol. The molecule has 1 aromatic heterocycles. The van der Waals surface area contributed by atoms with Crippen LogP contribution in [-0.4, -0.2) is 28.8 Å². The van der Waals surface area contributed by atoms with Gasteiger partial charge in [0.15, 0.2) is 0 Å². The molecule has 0 spiro atoms. The molecule has 0 unspecified atom stereocenters. The van der Waals surface area contributed by atoms with Crippen LogP contribution in [0, 0.1) is 11.7 Å². The highest BCUT2D eigenvalue weighted by Crippen LogP contribution is 2.34. The summed E-state index contributed by atoms with van der Waals surface area (Å²) in [6, 6.07) is 7.07. The van der Waals surface area contributed by atoms with E-state index in [0.717, 1.165) is 12.1 Å². The zero-order valence-corrected chi connectivity index (χ0v) is 13.5. The summed E-state index contributed by atoms with van der Waals surface area (Å²) in [5.74, 6) is -0.622. The predicted molar refractivity (Wildman–Crippen MR) is 86.3 cm³/mol. The number of ether oxygens (including phenoxy) is 1. The minimum atomic E-state index is -0.654. The molecule has 6 nitrogen and oxygen atoms in total. The molecule has 1 aromatic carbocycles. The van der Waals surface area contributed by atoms with Gasteiger partial charge in [-0.3, -0.25) is 9.48 Å². The van der Waals surface area contributed by atoms with E-state index in [1.807, 2.05) is 13.1 Å². The van der Waals surface area contributed by atoms with Gasteiger partial charge in [0.05, 0.1) is 5.69 Å². The molecule has 3 rings (SSSR count). The summed E-state index contributed by atoms with van der Waals surface area (Å²) in [5.41, 5.74) is 7.17. The largest absolute Gasteiger partial charge is 0.372 e. The number of nitrogens with two attached hydrogens (primary N) is 1. The first-order valence-electron chi connectivity index (χ1n) is 7.94. The molecule has 0 aliphatic carbocycles. The number of carbonyl (C=O) groups excluding carboxylic acids is 1. The van der Waals surface area contributed by atoms with Crippen molar-refractivity contribution in [1.82, 2.24) is 15.1 Å². The van der Waals surface area contributed by atoms with E-state index >= 15 is 0 Å². The number of nitrogens with one attached hydrogen (secondary N) is 1. The number of carbonyl (C=O) groups is 1. The Labute approximate surface area is 139 Å². The van der Waals surface area contributed by atoms with E-state index in [-0.39, 0.29) is 17.8 Å². The van der Waals surface area contributed by atoms with Crippen LogP contribution in [-0.2, 0) is 16.6 Å². The topological polar surface area (TPSA) is 82.2 Å². The van der Waals surface area contributed by atoms with E-state index in [0.29, 0.717) is 18.7 Å². The van der Waals surface area contributed by atoms with Crippen LogP contribution in [0.3, 0.4) is 0 Å². The summed E-state index contributed by atoms with van der Waals surface area (Å²) in [4.78, 5) is 11.8. The van der Waals surface area contributed by atoms with Gasteiger partial charge in [0, 0.05) is 32.3 Å². The molecule has 24 heavy (non-hydrogen) atoms. The highest BCUT2D eigenvalue weighted by molar-refractivity contribution is 5.81. The first-order chi connectivity index (χ1) is 11.6. The maximum Gasteiger partial charge on any atom is 0.239 e. The number of hydrogen-bond donors (Lipinski definition) is 2. The number of halogens is 1. The van der Waals surface area contributed by atoms with Crippen molar-refractivity contribution < 1.29 is 13.9 Å². The number of aromatic nitrogens is 2. The lowest BCUT2D eigenvalue weighted by Gasteiger charge is -2.22. The van der Waals surface area contributed by atoms with Crippen molar-refractivity contribution in [2.45, 2.75) is 18.6 Å². The highest BCUT2D eigenvalue weighted by atomic mass is 19.1. The van der Waals surface area contributed by atoms with Gasteiger partial charge in [0.2, 0.25) is 5.91 Å². The van der Waals surface area contributed by atoms with Gasteiger partial charge in [0.1, 0.15) is 18.0 Å². The lowest BCUT2D eigenvalue weighted by Crippen LogP contribution is -2.37. The van der Waals surface area contributed by atoms with Crippen LogP contribution in [0.15, 0.2) is 36.5 Å². The number of rotatable bonds is 6. The van der Waals surface area contributed by atoms with Crippen molar-refractivity contribution in [3.8, 4) is 0 Å². The van der Waals surface area contributed by atoms with Crippen LogP contribution in [0.1, 0.15) is 29.8 Å². The molecule has 1 fully saturated rings. The molecule has 2 heterocycles. The number of benzene rings is 1. The molecule has 1 aliphatic rings. The molecular weight excluding hydrogens is 311 g/mol. The fraction of sp³-hybridized carbons (Fsp3) is 0.412. The molecule has 1 aliphatic heterocycles. The second kappa shape index (κ2) is 7.11. The van der Waals surface area contributed by atoms with Crippen LogP contribution in [0.4, 0.5) is 4.39 Å². The van der Waals surface area contributed by atoms with Crippen molar-refractivity contribution >= 4 is 5.91 Å². The Balaban J connectivity index is 1.69. The Kier molecular flexibility index (Phi) is 4.92. The van der Waals surface area contributed by atoms with E-state index in [9.17, 15) is 9.18 Å². The monoisotopic (exact) mass is 332 g/mol. The second-order valence-corrected chi connectivity index (χ2v) is 6.02. The van der Waals surface area contributed by atoms with E-state index < -0.39 is 11.9 Å². The minimum Gasteiger partial charge on any atom is -0.372 e. The van der Waals surface area contributed by atoms with Crippen LogP contribution >= 0.6 is 0 Å². The summed E-state index contributed by atoms with van der Waals surface area (Å²) in [6.45, 7) is 1.24. The van der Waals surface area contributed by atoms with E-state index in [1.165, 1.54) is 12.1 Å². The van der Waals surface area contributed by atoms with Crippen LogP contribution in [0.25, 0.3) is 0 Å². The fourth-order valence-electron chi connectivity index (χ4n) is 3.14. The van der Waals surface area contributed by atoms with E-state index in [2.05, 4.69) is 10.4 Å². The number of amides is 1. The molecule has 3 N–H and O–H groups in total. The van der Waals surface area contributed by atoms with E-state index in [1.54, 1.807) is 23.0 Å². The maximum atomic E-state index is 13.1. The molecular formula is C17H21FN4O2. The number of aryl methyl sites for hydroxylation is 1. The Morgan fingerprint density at radius 3 is 2.83 bits per heavy atom. The summed E-state index contributed by atoms with van der Waals surface area (Å²) < 4.78 is 20.7. The minimum absolute atomic E-state index is 0.0632. The Hall–Kier alpha value is -2.25. The summed E-state index contributed by atoms with van der Waals surface area (Å²) in [7, 11) is 1.88. The van der Waals surface area contributed by atoms with Gasteiger partial charge in [-0.2, -0.15) is 5.10 Å². The molecule has 3 atom stereocenters. The average Bonchev–Trinajstić information content (AvgIpc) is 3.17. The molecule has 7 heteroatoms. The molecule has 1 amide bonds.